The number of hydrogen-bond acceptors (Lipinski definition) is 3. The number of carbonyl (C=O) groups excluding carboxylic acids is 2. The van der Waals surface area contributed by atoms with Gasteiger partial charge < -0.3 is 10.2 Å². The molecule has 4 rings (SSSR count). The molecule has 28 heavy (non-hydrogen) atoms. The third-order valence-electron chi connectivity index (χ3n) is 5.04. The molecule has 1 aromatic heterocycles. The normalized spacial score (nSPS) is 15.6. The minimum atomic E-state index is -0.429. The Morgan fingerprint density at radius 2 is 1.82 bits per heavy atom. The van der Waals surface area contributed by atoms with Crippen LogP contribution in [0.4, 0.5) is 5.82 Å². The lowest BCUT2D eigenvalue weighted by molar-refractivity contribution is -0.134. The zero-order valence-corrected chi connectivity index (χ0v) is 15.7. The fraction of sp³-hybridized carbons (Fsp3) is 0.227. The van der Waals surface area contributed by atoms with Crippen LogP contribution in [0, 0.1) is 5.92 Å². The summed E-state index contributed by atoms with van der Waals surface area (Å²) in [6.07, 6.45) is 1.92. The van der Waals surface area contributed by atoms with Gasteiger partial charge in [-0.3, -0.25) is 9.59 Å². The highest BCUT2D eigenvalue weighted by atomic mass is 16.2. The highest BCUT2D eigenvalue weighted by Crippen LogP contribution is 2.31. The van der Waals surface area contributed by atoms with E-state index in [1.807, 2.05) is 60.7 Å². The Balaban J connectivity index is 1.44. The van der Waals surface area contributed by atoms with E-state index in [-0.39, 0.29) is 18.2 Å². The molecule has 0 unspecified atom stereocenters. The molecule has 1 aliphatic heterocycles. The molecule has 1 atom stereocenters. The Morgan fingerprint density at radius 3 is 2.54 bits per heavy atom. The summed E-state index contributed by atoms with van der Waals surface area (Å²) < 4.78 is 1.78. The summed E-state index contributed by atoms with van der Waals surface area (Å²) in [5, 5.41) is 7.36. The average Bonchev–Trinajstić information content (AvgIpc) is 3.12. The van der Waals surface area contributed by atoms with Gasteiger partial charge in [-0.1, -0.05) is 60.7 Å². The SMILES string of the molecule is CN(Cc1ccccc1)C(=O)C[C@@H]1Cn2ncc(-c3ccccc3)c2NC1=O. The number of rotatable bonds is 5. The van der Waals surface area contributed by atoms with E-state index in [1.54, 1.807) is 22.8 Å². The van der Waals surface area contributed by atoms with Gasteiger partial charge in [-0.15, -0.1) is 0 Å². The van der Waals surface area contributed by atoms with Crippen molar-refractivity contribution in [2.24, 2.45) is 5.92 Å². The van der Waals surface area contributed by atoms with Crippen molar-refractivity contribution in [3.8, 4) is 11.1 Å². The molecule has 0 aliphatic carbocycles. The van der Waals surface area contributed by atoms with Crippen LogP contribution in [0.1, 0.15) is 12.0 Å². The zero-order valence-electron chi connectivity index (χ0n) is 15.7. The first-order chi connectivity index (χ1) is 13.6. The molecule has 1 aliphatic rings. The van der Waals surface area contributed by atoms with Crippen LogP contribution in [0.3, 0.4) is 0 Å². The monoisotopic (exact) mass is 374 g/mol. The van der Waals surface area contributed by atoms with Crippen molar-refractivity contribution in [1.29, 1.82) is 0 Å². The molecule has 0 saturated heterocycles. The number of fused-ring (bicyclic) bond motifs is 1. The molecule has 3 aromatic rings. The third-order valence-corrected chi connectivity index (χ3v) is 5.04. The van der Waals surface area contributed by atoms with E-state index < -0.39 is 5.92 Å². The number of benzene rings is 2. The van der Waals surface area contributed by atoms with Crippen LogP contribution in [0.2, 0.25) is 0 Å². The van der Waals surface area contributed by atoms with Gasteiger partial charge in [0.1, 0.15) is 5.82 Å². The second-order valence-electron chi connectivity index (χ2n) is 7.08. The molecular weight excluding hydrogens is 352 g/mol. The Bertz CT molecular complexity index is 982. The van der Waals surface area contributed by atoms with Gasteiger partial charge in [-0.25, -0.2) is 4.68 Å². The van der Waals surface area contributed by atoms with Gasteiger partial charge in [0.15, 0.2) is 0 Å². The molecule has 2 aromatic carbocycles. The Morgan fingerprint density at radius 1 is 1.14 bits per heavy atom. The van der Waals surface area contributed by atoms with Crippen molar-refractivity contribution in [1.82, 2.24) is 14.7 Å². The van der Waals surface area contributed by atoms with E-state index in [1.165, 1.54) is 0 Å². The van der Waals surface area contributed by atoms with Crippen molar-refractivity contribution >= 4 is 17.6 Å². The minimum Gasteiger partial charge on any atom is -0.341 e. The van der Waals surface area contributed by atoms with Crippen LogP contribution in [0.15, 0.2) is 66.9 Å². The van der Waals surface area contributed by atoms with E-state index in [2.05, 4.69) is 10.4 Å². The van der Waals surface area contributed by atoms with E-state index in [0.717, 1.165) is 16.7 Å². The largest absolute Gasteiger partial charge is 0.341 e. The predicted molar refractivity (Wildman–Crippen MR) is 107 cm³/mol. The molecule has 0 bridgehead atoms. The number of hydrogen-bond donors (Lipinski definition) is 1. The quantitative estimate of drug-likeness (QED) is 0.746. The van der Waals surface area contributed by atoms with Gasteiger partial charge in [0.2, 0.25) is 11.8 Å². The Hall–Kier alpha value is -3.41. The van der Waals surface area contributed by atoms with Crippen LogP contribution in [0.5, 0.6) is 0 Å². The first-order valence-electron chi connectivity index (χ1n) is 9.32. The average molecular weight is 374 g/mol. The van der Waals surface area contributed by atoms with E-state index in [9.17, 15) is 9.59 Å². The molecular formula is C22H22N4O2. The molecule has 1 N–H and O–H groups in total. The number of anilines is 1. The summed E-state index contributed by atoms with van der Waals surface area (Å²) >= 11 is 0. The highest BCUT2D eigenvalue weighted by Gasteiger charge is 2.31. The number of nitrogens with zero attached hydrogens (tertiary/aromatic N) is 3. The molecule has 0 saturated carbocycles. The molecule has 0 fully saturated rings. The van der Waals surface area contributed by atoms with Crippen molar-refractivity contribution < 1.29 is 9.59 Å². The maximum Gasteiger partial charge on any atom is 0.231 e. The number of aromatic nitrogens is 2. The maximum absolute atomic E-state index is 12.6. The highest BCUT2D eigenvalue weighted by molar-refractivity contribution is 5.98. The lowest BCUT2D eigenvalue weighted by Gasteiger charge is -2.26. The fourth-order valence-corrected chi connectivity index (χ4v) is 3.46. The van der Waals surface area contributed by atoms with E-state index in [0.29, 0.717) is 18.9 Å². The van der Waals surface area contributed by atoms with Crippen LogP contribution in [0.25, 0.3) is 11.1 Å². The summed E-state index contributed by atoms with van der Waals surface area (Å²) in [6.45, 7) is 0.929. The lowest BCUT2D eigenvalue weighted by Crippen LogP contribution is -2.38. The third kappa shape index (κ3) is 3.67. The molecule has 6 heteroatoms. The summed E-state index contributed by atoms with van der Waals surface area (Å²) in [5.41, 5.74) is 2.95. The summed E-state index contributed by atoms with van der Waals surface area (Å²) in [7, 11) is 1.77. The predicted octanol–water partition coefficient (Wildman–Crippen LogP) is 3.17. The zero-order chi connectivity index (χ0) is 19.5. The van der Waals surface area contributed by atoms with Crippen LogP contribution in [-0.4, -0.2) is 33.5 Å². The standard InChI is InChI=1S/C22H22N4O2/c1-25(14-16-8-4-2-5-9-16)20(27)12-18-15-26-21(24-22(18)28)19(13-23-26)17-10-6-3-7-11-17/h2-11,13,18H,12,14-15H2,1H3,(H,24,28)/t18-/m1/s1. The smallest absolute Gasteiger partial charge is 0.231 e. The second kappa shape index (κ2) is 7.68. The van der Waals surface area contributed by atoms with Crippen LogP contribution >= 0.6 is 0 Å². The van der Waals surface area contributed by atoms with Crippen LogP contribution in [-0.2, 0) is 22.7 Å². The number of nitrogens with one attached hydrogen (secondary N) is 1. The molecule has 2 amide bonds. The van der Waals surface area contributed by atoms with Crippen molar-refractivity contribution in [2.75, 3.05) is 12.4 Å². The Labute approximate surface area is 163 Å². The fourth-order valence-electron chi connectivity index (χ4n) is 3.46. The molecule has 0 radical (unpaired) electrons. The number of carbonyl (C=O) groups is 2. The molecule has 2 heterocycles. The number of amides is 2. The minimum absolute atomic E-state index is 0.0529. The first-order valence-corrected chi connectivity index (χ1v) is 9.32. The first kappa shape index (κ1) is 18.0. The maximum atomic E-state index is 12.6. The van der Waals surface area contributed by atoms with Gasteiger partial charge in [-0.05, 0) is 11.1 Å². The van der Waals surface area contributed by atoms with Gasteiger partial charge in [-0.2, -0.15) is 5.10 Å². The van der Waals surface area contributed by atoms with Gasteiger partial charge in [0.05, 0.1) is 18.7 Å². The lowest BCUT2D eigenvalue weighted by atomic mass is 10.0. The van der Waals surface area contributed by atoms with Crippen molar-refractivity contribution in [2.45, 2.75) is 19.5 Å². The molecule has 142 valence electrons. The molecule has 6 nitrogen and oxygen atoms in total. The second-order valence-corrected chi connectivity index (χ2v) is 7.08. The summed E-state index contributed by atoms with van der Waals surface area (Å²) in [4.78, 5) is 26.9. The van der Waals surface area contributed by atoms with Gasteiger partial charge in [0, 0.05) is 25.6 Å². The van der Waals surface area contributed by atoms with Gasteiger partial charge in [0.25, 0.3) is 0 Å². The molecule has 0 spiro atoms. The van der Waals surface area contributed by atoms with Gasteiger partial charge >= 0.3 is 0 Å². The summed E-state index contributed by atoms with van der Waals surface area (Å²) in [5.74, 6) is 0.0776. The Kier molecular flexibility index (Phi) is 4.93. The van der Waals surface area contributed by atoms with Crippen LogP contribution < -0.4 is 5.32 Å². The summed E-state index contributed by atoms with van der Waals surface area (Å²) in [6, 6.07) is 19.6. The van der Waals surface area contributed by atoms with Crippen molar-refractivity contribution in [3.05, 3.63) is 72.4 Å². The van der Waals surface area contributed by atoms with E-state index in [4.69, 9.17) is 0 Å². The van der Waals surface area contributed by atoms with E-state index >= 15 is 0 Å². The topological polar surface area (TPSA) is 67.2 Å². The van der Waals surface area contributed by atoms with Crippen molar-refractivity contribution in [3.63, 3.8) is 0 Å².